The predicted molar refractivity (Wildman–Crippen MR) is 81.0 cm³/mol. The van der Waals surface area contributed by atoms with Gasteiger partial charge in [0.05, 0.1) is 0 Å². The molecule has 8 heteroatoms. The fourth-order valence-electron chi connectivity index (χ4n) is 3.27. The van der Waals surface area contributed by atoms with Gasteiger partial charge in [-0.3, -0.25) is 24.5 Å². The lowest BCUT2D eigenvalue weighted by Crippen LogP contribution is -2.34. The average molecular weight is 329 g/mol. The van der Waals surface area contributed by atoms with Gasteiger partial charge in [-0.2, -0.15) is 5.06 Å². The molecule has 0 radical (unpaired) electrons. The van der Waals surface area contributed by atoms with Gasteiger partial charge in [0.2, 0.25) is 11.8 Å². The van der Waals surface area contributed by atoms with Crippen LogP contribution in [0, 0.1) is 5.92 Å². The van der Waals surface area contributed by atoms with E-state index in [2.05, 4.69) is 5.32 Å². The fraction of sp³-hybridized carbons (Fsp3) is 0.312. The summed E-state index contributed by atoms with van der Waals surface area (Å²) in [6.07, 6.45) is -0.866. The number of fused-ring (bicyclic) bond motifs is 2. The van der Waals surface area contributed by atoms with Crippen molar-refractivity contribution in [1.29, 1.82) is 0 Å². The Morgan fingerprint density at radius 2 is 2.04 bits per heavy atom. The van der Waals surface area contributed by atoms with Gasteiger partial charge in [-0.05, 0) is 12.1 Å². The van der Waals surface area contributed by atoms with Gasteiger partial charge in [0.25, 0.3) is 5.91 Å². The Bertz CT molecular complexity index is 812. The van der Waals surface area contributed by atoms with Gasteiger partial charge in [-0.1, -0.05) is 18.2 Å². The zero-order valence-corrected chi connectivity index (χ0v) is 12.6. The quantitative estimate of drug-likeness (QED) is 0.776. The number of benzene rings is 1. The molecule has 2 aromatic rings. The van der Waals surface area contributed by atoms with Crippen molar-refractivity contribution in [2.24, 2.45) is 11.7 Å². The van der Waals surface area contributed by atoms with Gasteiger partial charge in [-0.25, -0.2) is 0 Å². The summed E-state index contributed by atoms with van der Waals surface area (Å²) in [7, 11) is 0. The van der Waals surface area contributed by atoms with E-state index in [1.165, 1.54) is 5.06 Å². The molecule has 0 spiro atoms. The molecule has 2 aliphatic rings. The Hall–Kier alpha value is -2.71. The van der Waals surface area contributed by atoms with Crippen LogP contribution in [0.3, 0.4) is 0 Å². The van der Waals surface area contributed by atoms with Crippen LogP contribution < -0.4 is 11.1 Å². The van der Waals surface area contributed by atoms with Gasteiger partial charge >= 0.3 is 0 Å². The summed E-state index contributed by atoms with van der Waals surface area (Å²) in [5.74, 6) is -1.58. The van der Waals surface area contributed by atoms with Gasteiger partial charge in [0, 0.05) is 18.4 Å². The SMILES string of the molecule is NC(=O)CCN1OC2C(=O)NC(=O)C2C1c1cc2ccccc2o1. The number of primary amides is 1. The third kappa shape index (κ3) is 2.27. The van der Waals surface area contributed by atoms with Crippen molar-refractivity contribution in [3.8, 4) is 0 Å². The molecular formula is C16H15N3O5. The molecule has 8 nitrogen and oxygen atoms in total. The Labute approximate surface area is 136 Å². The topological polar surface area (TPSA) is 115 Å². The van der Waals surface area contributed by atoms with Gasteiger partial charge in [-0.15, -0.1) is 0 Å². The molecule has 3 N–H and O–H groups in total. The number of imide groups is 1. The van der Waals surface area contributed by atoms with E-state index in [9.17, 15) is 14.4 Å². The van der Waals surface area contributed by atoms with E-state index >= 15 is 0 Å². The van der Waals surface area contributed by atoms with Crippen molar-refractivity contribution < 1.29 is 23.6 Å². The number of furan rings is 1. The maximum atomic E-state index is 12.2. The Morgan fingerprint density at radius 3 is 2.79 bits per heavy atom. The van der Waals surface area contributed by atoms with Crippen molar-refractivity contribution in [2.75, 3.05) is 6.54 Å². The van der Waals surface area contributed by atoms with Crippen LogP contribution in [-0.2, 0) is 19.2 Å². The van der Waals surface area contributed by atoms with Crippen LogP contribution in [0.1, 0.15) is 18.2 Å². The minimum atomic E-state index is -0.913. The third-order valence-electron chi connectivity index (χ3n) is 4.35. The number of hydrogen-bond acceptors (Lipinski definition) is 6. The van der Waals surface area contributed by atoms with E-state index in [1.54, 1.807) is 0 Å². The lowest BCUT2D eigenvalue weighted by Gasteiger charge is -2.22. The first kappa shape index (κ1) is 14.9. The Kier molecular flexibility index (Phi) is 3.36. The zero-order chi connectivity index (χ0) is 16.8. The summed E-state index contributed by atoms with van der Waals surface area (Å²) in [4.78, 5) is 40.8. The molecule has 2 aliphatic heterocycles. The summed E-state index contributed by atoms with van der Waals surface area (Å²) in [5, 5.41) is 4.61. The number of para-hydroxylation sites is 1. The van der Waals surface area contributed by atoms with Crippen molar-refractivity contribution in [3.63, 3.8) is 0 Å². The van der Waals surface area contributed by atoms with Crippen LogP contribution in [-0.4, -0.2) is 35.4 Å². The van der Waals surface area contributed by atoms with Crippen molar-refractivity contribution in [1.82, 2.24) is 10.4 Å². The van der Waals surface area contributed by atoms with Gasteiger partial charge in [0.15, 0.2) is 6.10 Å². The smallest absolute Gasteiger partial charge is 0.258 e. The summed E-state index contributed by atoms with van der Waals surface area (Å²) in [5.41, 5.74) is 5.87. The van der Waals surface area contributed by atoms with Gasteiger partial charge < -0.3 is 10.2 Å². The number of amides is 3. The normalized spacial score (nSPS) is 26.8. The first-order valence-corrected chi connectivity index (χ1v) is 7.59. The number of carbonyl (C=O) groups excluding carboxylic acids is 3. The lowest BCUT2D eigenvalue weighted by molar-refractivity contribution is -0.175. The monoisotopic (exact) mass is 329 g/mol. The van der Waals surface area contributed by atoms with E-state index in [0.29, 0.717) is 11.3 Å². The summed E-state index contributed by atoms with van der Waals surface area (Å²) < 4.78 is 5.85. The van der Waals surface area contributed by atoms with Crippen molar-refractivity contribution in [2.45, 2.75) is 18.6 Å². The van der Waals surface area contributed by atoms with Crippen LogP contribution in [0.4, 0.5) is 0 Å². The molecule has 124 valence electrons. The molecule has 0 aliphatic carbocycles. The molecule has 1 aromatic heterocycles. The summed E-state index contributed by atoms with van der Waals surface area (Å²) >= 11 is 0. The number of rotatable bonds is 4. The highest BCUT2D eigenvalue weighted by molar-refractivity contribution is 6.07. The number of nitrogens with zero attached hydrogens (tertiary/aromatic N) is 1. The molecule has 1 aromatic carbocycles. The molecule has 3 unspecified atom stereocenters. The van der Waals surface area contributed by atoms with E-state index in [4.69, 9.17) is 15.0 Å². The van der Waals surface area contributed by atoms with Crippen LogP contribution in [0.2, 0.25) is 0 Å². The van der Waals surface area contributed by atoms with Crippen LogP contribution in [0.15, 0.2) is 34.7 Å². The zero-order valence-electron chi connectivity index (χ0n) is 12.6. The number of hydrogen-bond donors (Lipinski definition) is 2. The average Bonchev–Trinajstić information content (AvgIpc) is 3.19. The molecule has 4 rings (SSSR count). The maximum Gasteiger partial charge on any atom is 0.258 e. The highest BCUT2D eigenvalue weighted by Gasteiger charge is 2.57. The minimum absolute atomic E-state index is 0.0476. The number of carbonyl (C=O) groups is 3. The number of nitrogens with two attached hydrogens (primary N) is 1. The molecule has 0 saturated carbocycles. The highest BCUT2D eigenvalue weighted by atomic mass is 16.7. The van der Waals surface area contributed by atoms with Crippen LogP contribution >= 0.6 is 0 Å². The number of hydroxylamine groups is 2. The summed E-state index contributed by atoms with van der Waals surface area (Å²) in [6.45, 7) is 0.171. The number of nitrogens with one attached hydrogen (secondary N) is 1. The molecule has 3 amide bonds. The third-order valence-corrected chi connectivity index (χ3v) is 4.35. The summed E-state index contributed by atoms with van der Waals surface area (Å²) in [6, 6.07) is 8.67. The highest BCUT2D eigenvalue weighted by Crippen LogP contribution is 2.43. The van der Waals surface area contributed by atoms with Gasteiger partial charge in [0.1, 0.15) is 23.3 Å². The fourth-order valence-corrected chi connectivity index (χ4v) is 3.27. The second kappa shape index (κ2) is 5.43. The van der Waals surface area contributed by atoms with E-state index in [1.807, 2.05) is 30.3 Å². The van der Waals surface area contributed by atoms with Crippen molar-refractivity contribution in [3.05, 3.63) is 36.1 Å². The Balaban J connectivity index is 1.73. The van der Waals surface area contributed by atoms with Crippen molar-refractivity contribution >= 4 is 28.7 Å². The second-order valence-corrected chi connectivity index (χ2v) is 5.89. The second-order valence-electron chi connectivity index (χ2n) is 5.89. The molecule has 0 bridgehead atoms. The minimum Gasteiger partial charge on any atom is -0.459 e. The largest absolute Gasteiger partial charge is 0.459 e. The molecule has 3 atom stereocenters. The van der Waals surface area contributed by atoms with Crippen LogP contribution in [0.5, 0.6) is 0 Å². The standard InChI is InChI=1S/C16H15N3O5/c17-11(20)5-6-19-13(12-14(24-19)16(22)18-15(12)21)10-7-8-3-1-2-4-9(8)23-10/h1-4,7,12-14H,5-6H2,(H2,17,20)(H,18,21,22). The molecule has 3 heterocycles. The lowest BCUT2D eigenvalue weighted by atomic mass is 9.94. The van der Waals surface area contributed by atoms with Crippen LogP contribution in [0.25, 0.3) is 11.0 Å². The first-order valence-electron chi connectivity index (χ1n) is 7.59. The van der Waals surface area contributed by atoms with E-state index < -0.39 is 35.8 Å². The molecule has 2 fully saturated rings. The predicted octanol–water partition coefficient (Wildman–Crippen LogP) is 0.238. The molecular weight excluding hydrogens is 314 g/mol. The Morgan fingerprint density at radius 1 is 1.25 bits per heavy atom. The molecule has 2 saturated heterocycles. The van der Waals surface area contributed by atoms with E-state index in [0.717, 1.165) is 5.39 Å². The maximum absolute atomic E-state index is 12.2. The molecule has 24 heavy (non-hydrogen) atoms. The first-order chi connectivity index (χ1) is 11.5. The van der Waals surface area contributed by atoms with E-state index in [-0.39, 0.29) is 13.0 Å².